The molecule has 0 fully saturated rings. The number of benzene rings is 7. The van der Waals surface area contributed by atoms with Crippen molar-refractivity contribution in [2.45, 2.75) is 13.3 Å². The molecule has 1 aliphatic carbocycles. The highest BCUT2D eigenvalue weighted by Gasteiger charge is 2.21. The Hall–Kier alpha value is -6.23. The molecule has 1 unspecified atom stereocenters. The van der Waals surface area contributed by atoms with E-state index in [9.17, 15) is 0 Å². The lowest BCUT2D eigenvalue weighted by molar-refractivity contribution is 0.740. The number of allylic oxidation sites excluding steroid dienone is 4. The van der Waals surface area contributed by atoms with Crippen LogP contribution >= 0.6 is 11.3 Å². The van der Waals surface area contributed by atoms with Gasteiger partial charge < -0.3 is 0 Å². The van der Waals surface area contributed by atoms with Crippen molar-refractivity contribution in [1.29, 1.82) is 0 Å². The quantitative estimate of drug-likeness (QED) is 0.181. The molecule has 0 saturated carbocycles. The van der Waals surface area contributed by atoms with Gasteiger partial charge in [0.25, 0.3) is 0 Å². The molecule has 0 radical (unpaired) electrons. The molecule has 0 amide bonds. The molecule has 7 aromatic carbocycles. The first-order chi connectivity index (χ1) is 25.7. The molecule has 0 aliphatic heterocycles. The van der Waals surface area contributed by atoms with Gasteiger partial charge in [-0.25, -0.2) is 15.0 Å². The first kappa shape index (κ1) is 30.6. The van der Waals surface area contributed by atoms with E-state index in [0.29, 0.717) is 23.4 Å². The first-order valence-corrected chi connectivity index (χ1v) is 18.7. The molecule has 2 heterocycles. The van der Waals surface area contributed by atoms with Crippen LogP contribution in [0.25, 0.3) is 92.6 Å². The molecule has 0 bridgehead atoms. The second-order valence-electron chi connectivity index (χ2n) is 13.6. The van der Waals surface area contributed by atoms with Crippen molar-refractivity contribution in [1.82, 2.24) is 15.0 Å². The number of hydrogen-bond acceptors (Lipinski definition) is 4. The van der Waals surface area contributed by atoms with Gasteiger partial charge in [0.15, 0.2) is 17.5 Å². The average Bonchev–Trinajstić information content (AvgIpc) is 3.59. The maximum Gasteiger partial charge on any atom is 0.165 e. The van der Waals surface area contributed by atoms with Crippen LogP contribution in [-0.4, -0.2) is 15.0 Å². The molecule has 3 nitrogen and oxygen atoms in total. The Morgan fingerprint density at radius 1 is 0.500 bits per heavy atom. The van der Waals surface area contributed by atoms with Crippen molar-refractivity contribution in [3.8, 4) is 45.3 Å². The zero-order chi connectivity index (χ0) is 34.6. The third kappa shape index (κ3) is 5.23. The number of hydrogen-bond donors (Lipinski definition) is 0. The summed E-state index contributed by atoms with van der Waals surface area (Å²) < 4.78 is 2.44. The third-order valence-electron chi connectivity index (χ3n) is 10.3. The summed E-state index contributed by atoms with van der Waals surface area (Å²) in [4.78, 5) is 16.0. The van der Waals surface area contributed by atoms with E-state index in [0.717, 1.165) is 45.0 Å². The van der Waals surface area contributed by atoms with Crippen LogP contribution in [0.15, 0.2) is 164 Å². The second-order valence-corrected chi connectivity index (χ2v) is 14.7. The minimum absolute atomic E-state index is 0.453. The van der Waals surface area contributed by atoms with Crippen LogP contribution in [-0.2, 0) is 0 Å². The van der Waals surface area contributed by atoms with E-state index in [-0.39, 0.29) is 0 Å². The highest BCUT2D eigenvalue weighted by atomic mass is 32.1. The van der Waals surface area contributed by atoms with Crippen molar-refractivity contribution in [2.24, 2.45) is 5.92 Å². The smallest absolute Gasteiger partial charge is 0.165 e. The Morgan fingerprint density at radius 3 is 1.98 bits per heavy atom. The largest absolute Gasteiger partial charge is 0.208 e. The van der Waals surface area contributed by atoms with Crippen LogP contribution in [0.5, 0.6) is 0 Å². The van der Waals surface area contributed by atoms with Gasteiger partial charge >= 0.3 is 0 Å². The number of aromatic nitrogens is 3. The Morgan fingerprint density at radius 2 is 1.13 bits per heavy atom. The van der Waals surface area contributed by atoms with Crippen molar-refractivity contribution in [3.63, 3.8) is 0 Å². The maximum absolute atomic E-state index is 5.38. The maximum atomic E-state index is 5.38. The van der Waals surface area contributed by atoms with Gasteiger partial charge in [0.05, 0.1) is 0 Å². The van der Waals surface area contributed by atoms with E-state index in [4.69, 9.17) is 15.0 Å². The fraction of sp³-hybridized carbons (Fsp3) is 0.0625. The summed E-state index contributed by atoms with van der Waals surface area (Å²) in [5, 5.41) is 7.23. The second kappa shape index (κ2) is 12.5. The van der Waals surface area contributed by atoms with Crippen molar-refractivity contribution < 1.29 is 0 Å². The zero-order valence-electron chi connectivity index (χ0n) is 28.6. The zero-order valence-corrected chi connectivity index (χ0v) is 29.4. The number of thiophene rings is 1. The van der Waals surface area contributed by atoms with Gasteiger partial charge in [-0.15, -0.1) is 11.3 Å². The van der Waals surface area contributed by atoms with Gasteiger partial charge in [-0.2, -0.15) is 0 Å². The molecule has 246 valence electrons. The number of fused-ring (bicyclic) bond motifs is 5. The molecular weight excluding hydrogens is 651 g/mol. The van der Waals surface area contributed by atoms with Crippen LogP contribution in [0.1, 0.15) is 18.9 Å². The molecular formula is C48H33N3S. The summed E-state index contributed by atoms with van der Waals surface area (Å²) in [5.41, 5.74) is 7.70. The fourth-order valence-electron chi connectivity index (χ4n) is 7.71. The number of nitrogens with zero attached hydrogens (tertiary/aromatic N) is 3. The summed E-state index contributed by atoms with van der Waals surface area (Å²) in [6, 6.07) is 51.8. The summed E-state index contributed by atoms with van der Waals surface area (Å²) in [6.07, 6.45) is 7.95. The summed E-state index contributed by atoms with van der Waals surface area (Å²) in [6.45, 7) is 2.27. The molecule has 9 aromatic rings. The Kier molecular flexibility index (Phi) is 7.36. The highest BCUT2D eigenvalue weighted by Crippen LogP contribution is 2.42. The van der Waals surface area contributed by atoms with Crippen LogP contribution in [0.4, 0.5) is 0 Å². The molecule has 1 atom stereocenters. The van der Waals surface area contributed by atoms with E-state index in [2.05, 4.69) is 171 Å². The van der Waals surface area contributed by atoms with Crippen LogP contribution in [0, 0.1) is 5.92 Å². The van der Waals surface area contributed by atoms with Gasteiger partial charge in [0.2, 0.25) is 0 Å². The lowest BCUT2D eigenvalue weighted by Crippen LogP contribution is -2.03. The standard InChI is InChI=1S/C48H33N3S/c1-30-11-8-15-35(29-30)39-28-27-32-13-3-5-17-38(32)44(39)48-50-46(34-25-23-33(24-26-34)37-19-9-14-31-12-2-4-16-36(31)37)49-47(51-48)42-21-10-20-41-40-18-6-7-22-43(40)52-45(41)42/h2-10,12-30H,11H2,1H3. The summed E-state index contributed by atoms with van der Waals surface area (Å²) >= 11 is 1.80. The Labute approximate surface area is 306 Å². The first-order valence-electron chi connectivity index (χ1n) is 17.8. The molecule has 52 heavy (non-hydrogen) atoms. The normalized spacial score (nSPS) is 14.4. The average molecular weight is 684 g/mol. The van der Waals surface area contributed by atoms with Gasteiger partial charge in [-0.1, -0.05) is 159 Å². The minimum Gasteiger partial charge on any atom is -0.208 e. The SMILES string of the molecule is CC1C=C(c2ccc3ccccc3c2-c2nc(-c3ccc(-c4cccc5ccccc45)cc3)nc(-c3cccc4c3sc3ccccc34)n2)C=CC1. The van der Waals surface area contributed by atoms with E-state index >= 15 is 0 Å². The van der Waals surface area contributed by atoms with E-state index < -0.39 is 0 Å². The summed E-state index contributed by atoms with van der Waals surface area (Å²) in [5.74, 6) is 2.46. The van der Waals surface area contributed by atoms with Gasteiger partial charge in [0, 0.05) is 36.9 Å². The van der Waals surface area contributed by atoms with Gasteiger partial charge in [-0.05, 0) is 68.3 Å². The topological polar surface area (TPSA) is 38.7 Å². The molecule has 4 heteroatoms. The Bertz CT molecular complexity index is 2890. The van der Waals surface area contributed by atoms with Crippen LogP contribution in [0.3, 0.4) is 0 Å². The molecule has 1 aliphatic rings. The van der Waals surface area contributed by atoms with E-state index in [1.165, 1.54) is 42.1 Å². The molecule has 0 N–H and O–H groups in total. The lowest BCUT2D eigenvalue weighted by atomic mass is 9.88. The van der Waals surface area contributed by atoms with Crippen molar-refractivity contribution in [2.75, 3.05) is 0 Å². The predicted molar refractivity (Wildman–Crippen MR) is 220 cm³/mol. The predicted octanol–water partition coefficient (Wildman–Crippen LogP) is 13.2. The molecule has 0 spiro atoms. The Balaban J connectivity index is 1.21. The van der Waals surface area contributed by atoms with Gasteiger partial charge in [0.1, 0.15) is 0 Å². The monoisotopic (exact) mass is 683 g/mol. The number of rotatable bonds is 5. The molecule has 10 rings (SSSR count). The van der Waals surface area contributed by atoms with Crippen molar-refractivity contribution in [3.05, 3.63) is 169 Å². The van der Waals surface area contributed by atoms with E-state index in [1.54, 1.807) is 11.3 Å². The minimum atomic E-state index is 0.453. The van der Waals surface area contributed by atoms with Crippen LogP contribution < -0.4 is 0 Å². The molecule has 2 aromatic heterocycles. The summed E-state index contributed by atoms with van der Waals surface area (Å²) in [7, 11) is 0. The lowest BCUT2D eigenvalue weighted by Gasteiger charge is -2.18. The third-order valence-corrected chi connectivity index (χ3v) is 11.5. The molecule has 0 saturated heterocycles. The fourth-order valence-corrected chi connectivity index (χ4v) is 8.92. The van der Waals surface area contributed by atoms with E-state index in [1.807, 2.05) is 0 Å². The van der Waals surface area contributed by atoms with Gasteiger partial charge in [-0.3, -0.25) is 0 Å². The highest BCUT2D eigenvalue weighted by molar-refractivity contribution is 7.26. The van der Waals surface area contributed by atoms with Crippen molar-refractivity contribution >= 4 is 58.6 Å². The van der Waals surface area contributed by atoms with Crippen LogP contribution in [0.2, 0.25) is 0 Å².